The predicted molar refractivity (Wildman–Crippen MR) is 99.2 cm³/mol. The van der Waals surface area contributed by atoms with E-state index in [1.807, 2.05) is 19.1 Å². The summed E-state index contributed by atoms with van der Waals surface area (Å²) in [5, 5.41) is 6.73. The number of benzene rings is 2. The lowest BCUT2D eigenvalue weighted by Gasteiger charge is -2.07. The van der Waals surface area contributed by atoms with Crippen LogP contribution in [0.1, 0.15) is 23.1 Å². The molecule has 0 aliphatic carbocycles. The molecule has 1 N–H and O–H groups in total. The third kappa shape index (κ3) is 4.16. The lowest BCUT2D eigenvalue weighted by molar-refractivity contribution is 0.102. The number of carbonyl (C=O) groups excluding carboxylic acids is 1. The number of amides is 1. The Balaban J connectivity index is 1.64. The molecule has 26 heavy (non-hydrogen) atoms. The second kappa shape index (κ2) is 8.11. The van der Waals surface area contributed by atoms with Crippen LogP contribution in [0.3, 0.4) is 0 Å². The zero-order valence-electron chi connectivity index (χ0n) is 14.4. The van der Waals surface area contributed by atoms with Crippen molar-refractivity contribution in [2.75, 3.05) is 11.9 Å². The molecule has 0 bridgehead atoms. The number of carbonyl (C=O) groups is 1. The average molecular weight is 349 g/mol. The van der Waals surface area contributed by atoms with E-state index in [1.165, 1.54) is 0 Å². The normalized spacial score (nSPS) is 10.3. The fourth-order valence-electron chi connectivity index (χ4n) is 2.27. The smallest absolute Gasteiger partial charge is 0.257 e. The van der Waals surface area contributed by atoms with Gasteiger partial charge in [0, 0.05) is 23.2 Å². The van der Waals surface area contributed by atoms with Crippen LogP contribution in [0, 0.1) is 0 Å². The molecular weight excluding hydrogens is 330 g/mol. The molecule has 1 aromatic heterocycles. The molecule has 0 spiro atoms. The van der Waals surface area contributed by atoms with E-state index in [4.69, 9.17) is 9.26 Å². The number of nitrogens with one attached hydrogen (secondary N) is 1. The Morgan fingerprint density at radius 2 is 1.92 bits per heavy atom. The summed E-state index contributed by atoms with van der Waals surface area (Å²) in [6.07, 6.45) is 2.39. The number of ether oxygens (including phenoxy) is 1. The van der Waals surface area contributed by atoms with E-state index in [2.05, 4.69) is 22.0 Å². The molecule has 0 aliphatic rings. The van der Waals surface area contributed by atoms with Crippen LogP contribution in [-0.4, -0.2) is 22.7 Å². The van der Waals surface area contributed by atoms with E-state index in [9.17, 15) is 4.79 Å². The SMILES string of the molecule is C=CCOc1ccc(C(=O)Nc2ccc(-c3nc(CC)no3)cc2)cc1. The molecule has 0 fully saturated rings. The summed E-state index contributed by atoms with van der Waals surface area (Å²) in [7, 11) is 0. The van der Waals surface area contributed by atoms with Gasteiger partial charge in [-0.05, 0) is 48.5 Å². The van der Waals surface area contributed by atoms with Crippen molar-refractivity contribution in [3.05, 3.63) is 72.6 Å². The molecule has 132 valence electrons. The minimum atomic E-state index is -0.195. The Hall–Kier alpha value is -3.41. The molecule has 3 rings (SSSR count). The lowest BCUT2D eigenvalue weighted by Crippen LogP contribution is -2.11. The Bertz CT molecular complexity index is 883. The van der Waals surface area contributed by atoms with Gasteiger partial charge >= 0.3 is 0 Å². The van der Waals surface area contributed by atoms with Crippen molar-refractivity contribution >= 4 is 11.6 Å². The summed E-state index contributed by atoms with van der Waals surface area (Å²) >= 11 is 0. The van der Waals surface area contributed by atoms with Gasteiger partial charge in [-0.1, -0.05) is 24.7 Å². The Kier molecular flexibility index (Phi) is 5.43. The first-order chi connectivity index (χ1) is 12.7. The summed E-state index contributed by atoms with van der Waals surface area (Å²) in [6.45, 7) is 5.99. The Labute approximate surface area is 151 Å². The minimum absolute atomic E-state index is 0.195. The van der Waals surface area contributed by atoms with E-state index < -0.39 is 0 Å². The summed E-state index contributed by atoms with van der Waals surface area (Å²) < 4.78 is 10.6. The number of rotatable bonds is 7. The van der Waals surface area contributed by atoms with Crippen LogP contribution < -0.4 is 10.1 Å². The number of aromatic nitrogens is 2. The molecule has 0 saturated carbocycles. The number of hydrogen-bond donors (Lipinski definition) is 1. The molecule has 3 aromatic rings. The number of aryl methyl sites for hydroxylation is 1. The molecule has 0 radical (unpaired) electrons. The standard InChI is InChI=1S/C20H19N3O3/c1-3-13-25-17-11-7-14(8-12-17)19(24)21-16-9-5-15(6-10-16)20-22-18(4-2)23-26-20/h3,5-12H,1,4,13H2,2H3,(H,21,24). The first-order valence-corrected chi connectivity index (χ1v) is 8.27. The molecule has 0 aliphatic heterocycles. The van der Waals surface area contributed by atoms with Crippen molar-refractivity contribution in [1.82, 2.24) is 10.1 Å². The first-order valence-electron chi connectivity index (χ1n) is 8.27. The third-order valence-electron chi connectivity index (χ3n) is 3.66. The summed E-state index contributed by atoms with van der Waals surface area (Å²) in [5.41, 5.74) is 2.03. The van der Waals surface area contributed by atoms with Gasteiger partial charge in [0.1, 0.15) is 12.4 Å². The maximum absolute atomic E-state index is 12.3. The fraction of sp³-hybridized carbons (Fsp3) is 0.150. The lowest BCUT2D eigenvalue weighted by atomic mass is 10.1. The van der Waals surface area contributed by atoms with Gasteiger partial charge < -0.3 is 14.6 Å². The van der Waals surface area contributed by atoms with E-state index >= 15 is 0 Å². The van der Waals surface area contributed by atoms with Crippen LogP contribution in [0.2, 0.25) is 0 Å². The van der Waals surface area contributed by atoms with Gasteiger partial charge in [0.15, 0.2) is 5.82 Å². The number of hydrogen-bond acceptors (Lipinski definition) is 5. The molecular formula is C20H19N3O3. The quantitative estimate of drug-likeness (QED) is 0.649. The van der Waals surface area contributed by atoms with Crippen LogP contribution >= 0.6 is 0 Å². The van der Waals surface area contributed by atoms with Crippen LogP contribution in [0.4, 0.5) is 5.69 Å². The summed E-state index contributed by atoms with van der Waals surface area (Å²) in [5.74, 6) is 1.63. The Morgan fingerprint density at radius 3 is 2.54 bits per heavy atom. The number of anilines is 1. The molecule has 1 heterocycles. The van der Waals surface area contributed by atoms with Crippen molar-refractivity contribution < 1.29 is 14.1 Å². The second-order valence-corrected chi connectivity index (χ2v) is 5.52. The maximum atomic E-state index is 12.3. The first kappa shape index (κ1) is 17.4. The van der Waals surface area contributed by atoms with Crippen molar-refractivity contribution in [2.24, 2.45) is 0 Å². The van der Waals surface area contributed by atoms with Crippen molar-refractivity contribution in [1.29, 1.82) is 0 Å². The molecule has 0 saturated heterocycles. The van der Waals surface area contributed by atoms with E-state index in [1.54, 1.807) is 42.5 Å². The summed E-state index contributed by atoms with van der Waals surface area (Å²) in [6, 6.07) is 14.2. The topological polar surface area (TPSA) is 77.2 Å². The highest BCUT2D eigenvalue weighted by atomic mass is 16.5. The highest BCUT2D eigenvalue weighted by molar-refractivity contribution is 6.04. The van der Waals surface area contributed by atoms with Gasteiger partial charge in [-0.3, -0.25) is 4.79 Å². The van der Waals surface area contributed by atoms with Gasteiger partial charge in [-0.15, -0.1) is 0 Å². The van der Waals surface area contributed by atoms with Crippen LogP contribution in [-0.2, 0) is 6.42 Å². The van der Waals surface area contributed by atoms with Crippen molar-refractivity contribution in [2.45, 2.75) is 13.3 Å². The fourth-order valence-corrected chi connectivity index (χ4v) is 2.27. The predicted octanol–water partition coefficient (Wildman–Crippen LogP) is 4.12. The average Bonchev–Trinajstić information content (AvgIpc) is 3.16. The van der Waals surface area contributed by atoms with Crippen LogP contribution in [0.25, 0.3) is 11.5 Å². The Morgan fingerprint density at radius 1 is 1.19 bits per heavy atom. The third-order valence-corrected chi connectivity index (χ3v) is 3.66. The van der Waals surface area contributed by atoms with Crippen molar-refractivity contribution in [3.63, 3.8) is 0 Å². The van der Waals surface area contributed by atoms with Gasteiger partial charge in [0.05, 0.1) is 0 Å². The highest BCUT2D eigenvalue weighted by Crippen LogP contribution is 2.20. The molecule has 1 amide bonds. The zero-order chi connectivity index (χ0) is 18.4. The van der Waals surface area contributed by atoms with E-state index in [-0.39, 0.29) is 5.91 Å². The number of nitrogens with zero attached hydrogens (tertiary/aromatic N) is 2. The van der Waals surface area contributed by atoms with Crippen LogP contribution in [0.5, 0.6) is 5.75 Å². The van der Waals surface area contributed by atoms with Gasteiger partial charge in [-0.2, -0.15) is 4.98 Å². The van der Waals surface area contributed by atoms with Gasteiger partial charge in [-0.25, -0.2) is 0 Å². The monoisotopic (exact) mass is 349 g/mol. The maximum Gasteiger partial charge on any atom is 0.257 e. The highest BCUT2D eigenvalue weighted by Gasteiger charge is 2.09. The molecule has 0 atom stereocenters. The van der Waals surface area contributed by atoms with Gasteiger partial charge in [0.25, 0.3) is 11.8 Å². The molecule has 6 nitrogen and oxygen atoms in total. The zero-order valence-corrected chi connectivity index (χ0v) is 14.4. The minimum Gasteiger partial charge on any atom is -0.490 e. The van der Waals surface area contributed by atoms with Crippen molar-refractivity contribution in [3.8, 4) is 17.2 Å². The summed E-state index contributed by atoms with van der Waals surface area (Å²) in [4.78, 5) is 16.6. The van der Waals surface area contributed by atoms with Gasteiger partial charge in [0.2, 0.25) is 0 Å². The second-order valence-electron chi connectivity index (χ2n) is 5.52. The largest absolute Gasteiger partial charge is 0.490 e. The molecule has 6 heteroatoms. The van der Waals surface area contributed by atoms with Crippen LogP contribution in [0.15, 0.2) is 65.7 Å². The van der Waals surface area contributed by atoms with E-state index in [0.717, 1.165) is 12.0 Å². The van der Waals surface area contributed by atoms with E-state index in [0.29, 0.717) is 35.3 Å². The molecule has 0 unspecified atom stereocenters. The molecule has 2 aromatic carbocycles.